The van der Waals surface area contributed by atoms with Gasteiger partial charge in [0, 0.05) is 23.3 Å². The number of aliphatic hydroxyl groups is 1. The zero-order valence-electron chi connectivity index (χ0n) is 37.7. The first-order valence-corrected chi connectivity index (χ1v) is 25.9. The first-order chi connectivity index (χ1) is 30.4. The normalized spacial score (nSPS) is 35.4. The number of fused-ring (bicyclic) bond motifs is 7. The van der Waals surface area contributed by atoms with Crippen molar-refractivity contribution in [3.8, 4) is 0 Å². The fraction of sp³-hybridized carbons (Fsp3) is 0.795. The zero-order chi connectivity index (χ0) is 46.2. The Morgan fingerprint density at radius 2 is 1.64 bits per heavy atom. The Morgan fingerprint density at radius 3 is 2.38 bits per heavy atom. The van der Waals surface area contributed by atoms with E-state index in [4.69, 9.17) is 37.5 Å². The van der Waals surface area contributed by atoms with E-state index in [0.717, 1.165) is 24.8 Å². The highest BCUT2D eigenvalue weighted by atomic mass is 31.3. The van der Waals surface area contributed by atoms with E-state index in [0.29, 0.717) is 45.3 Å². The molecular formula is C44H69NO17P2. The molecule has 1 aliphatic heterocycles. The Kier molecular flexibility index (Phi) is 18.0. The number of Topliss-reactive ketones (excluding diaryl/α,β-unsaturated/α-hetero) is 1. The lowest BCUT2D eigenvalue weighted by atomic mass is 9.46. The second-order valence-electron chi connectivity index (χ2n) is 18.3. The molecule has 3 saturated carbocycles. The number of allylic oxidation sites excluding steroid dienone is 5. The first kappa shape index (κ1) is 51.4. The molecule has 0 aromatic heterocycles. The van der Waals surface area contributed by atoms with Crippen molar-refractivity contribution in [2.24, 2.45) is 28.6 Å². The molecule has 1 saturated heterocycles. The third-order valence-electron chi connectivity index (χ3n) is 14.1. The molecule has 12 atom stereocenters. The maximum atomic E-state index is 14.4. The van der Waals surface area contributed by atoms with E-state index >= 15 is 0 Å². The van der Waals surface area contributed by atoms with Gasteiger partial charge in [-0.05, 0) is 87.9 Å². The van der Waals surface area contributed by atoms with Gasteiger partial charge in [0.15, 0.2) is 23.5 Å². The smallest absolute Gasteiger partial charge is 0.393 e. The van der Waals surface area contributed by atoms with Crippen molar-refractivity contribution in [3.05, 3.63) is 35.5 Å². The summed E-state index contributed by atoms with van der Waals surface area (Å²) in [4.78, 5) is 59.5. The summed E-state index contributed by atoms with van der Waals surface area (Å²) in [6, 6.07) is 0. The SMILES string of the molecule is CCCC1OC2CC3C4CCC5=CC(=O)C=CC5(C)C4C(O)CC3(C)C2(C(=O)COP(=O)(O)OP(=O)(O)OCCOCCOCCOCCNC(=O)COC2CCCCCC=C2C)O1. The van der Waals surface area contributed by atoms with E-state index in [1.807, 2.05) is 33.8 Å². The summed E-state index contributed by atoms with van der Waals surface area (Å²) in [5, 5.41) is 14.7. The van der Waals surface area contributed by atoms with Crippen LogP contribution in [-0.2, 0) is 65.3 Å². The monoisotopic (exact) mass is 945 g/mol. The summed E-state index contributed by atoms with van der Waals surface area (Å²) in [6.45, 7) is 7.75. The maximum absolute atomic E-state index is 14.4. The Hall–Kier alpha value is -1.99. The molecule has 4 N–H and O–H groups in total. The summed E-state index contributed by atoms with van der Waals surface area (Å²) in [6.07, 6.45) is 13.5. The van der Waals surface area contributed by atoms with E-state index in [1.165, 1.54) is 18.4 Å². The van der Waals surface area contributed by atoms with E-state index < -0.39 is 69.6 Å². The fourth-order valence-electron chi connectivity index (χ4n) is 11.2. The zero-order valence-corrected chi connectivity index (χ0v) is 39.4. The number of hydrogen-bond donors (Lipinski definition) is 4. The van der Waals surface area contributed by atoms with Crippen LogP contribution in [-0.4, -0.2) is 129 Å². The van der Waals surface area contributed by atoms with Gasteiger partial charge >= 0.3 is 15.6 Å². The van der Waals surface area contributed by atoms with Crippen LogP contribution >= 0.6 is 15.6 Å². The minimum atomic E-state index is -5.35. The highest BCUT2D eigenvalue weighted by molar-refractivity contribution is 7.61. The predicted molar refractivity (Wildman–Crippen MR) is 230 cm³/mol. The topological polar surface area (TPSA) is 241 Å². The number of phosphoric ester groups is 2. The van der Waals surface area contributed by atoms with Gasteiger partial charge in [-0.2, -0.15) is 4.31 Å². The molecule has 20 heteroatoms. The molecule has 362 valence electrons. The molecule has 1 heterocycles. The van der Waals surface area contributed by atoms with Gasteiger partial charge in [0.1, 0.15) is 13.2 Å². The summed E-state index contributed by atoms with van der Waals surface area (Å²) in [7, 11) is -10.5. The molecule has 0 aromatic carbocycles. The second kappa shape index (κ2) is 22.4. The van der Waals surface area contributed by atoms with E-state index in [2.05, 4.69) is 15.7 Å². The van der Waals surface area contributed by atoms with Crippen molar-refractivity contribution in [2.45, 2.75) is 129 Å². The number of nitrogens with one attached hydrogen (secondary N) is 1. The molecule has 0 aromatic rings. The number of phosphoric acid groups is 2. The molecule has 5 aliphatic carbocycles. The summed E-state index contributed by atoms with van der Waals surface area (Å²) in [5.74, 6) is -1.38. The summed E-state index contributed by atoms with van der Waals surface area (Å²) < 4.78 is 74.9. The minimum absolute atomic E-state index is 0.00150. The second-order valence-corrected chi connectivity index (χ2v) is 21.3. The van der Waals surface area contributed by atoms with Crippen molar-refractivity contribution in [1.82, 2.24) is 5.32 Å². The van der Waals surface area contributed by atoms with Crippen LogP contribution in [0.2, 0.25) is 0 Å². The fourth-order valence-corrected chi connectivity index (χ4v) is 13.2. The molecular weight excluding hydrogens is 876 g/mol. The van der Waals surface area contributed by atoms with Gasteiger partial charge in [-0.3, -0.25) is 23.4 Å². The minimum Gasteiger partial charge on any atom is -0.393 e. The number of carbonyl (C=O) groups is 3. The summed E-state index contributed by atoms with van der Waals surface area (Å²) >= 11 is 0. The Balaban J connectivity index is 0.880. The number of carbonyl (C=O) groups excluding carboxylic acids is 3. The molecule has 0 bridgehead atoms. The van der Waals surface area contributed by atoms with Crippen LogP contribution in [0.3, 0.4) is 0 Å². The van der Waals surface area contributed by atoms with Gasteiger partial charge in [-0.1, -0.05) is 57.8 Å². The van der Waals surface area contributed by atoms with Crippen molar-refractivity contribution in [1.29, 1.82) is 0 Å². The van der Waals surface area contributed by atoms with Crippen LogP contribution in [0, 0.1) is 28.6 Å². The van der Waals surface area contributed by atoms with Gasteiger partial charge in [0.05, 0.1) is 64.6 Å². The van der Waals surface area contributed by atoms with Crippen LogP contribution in [0.5, 0.6) is 0 Å². The van der Waals surface area contributed by atoms with Crippen LogP contribution < -0.4 is 5.32 Å². The number of ether oxygens (including phenoxy) is 6. The van der Waals surface area contributed by atoms with E-state index in [1.54, 1.807) is 12.2 Å². The third kappa shape index (κ3) is 12.0. The maximum Gasteiger partial charge on any atom is 0.481 e. The largest absolute Gasteiger partial charge is 0.481 e. The lowest BCUT2D eigenvalue weighted by molar-refractivity contribution is -0.200. The third-order valence-corrected chi connectivity index (χ3v) is 16.8. The Morgan fingerprint density at radius 1 is 0.938 bits per heavy atom. The number of rotatable bonds is 24. The van der Waals surface area contributed by atoms with Gasteiger partial charge in [0.2, 0.25) is 5.91 Å². The Labute approximate surface area is 376 Å². The Bertz CT molecular complexity index is 1840. The van der Waals surface area contributed by atoms with Crippen molar-refractivity contribution >= 4 is 33.1 Å². The molecule has 0 spiro atoms. The van der Waals surface area contributed by atoms with E-state index in [-0.39, 0.29) is 81.6 Å². The molecule has 12 unspecified atom stereocenters. The number of hydrogen-bond acceptors (Lipinski definition) is 15. The number of ketones is 2. The summed E-state index contributed by atoms with van der Waals surface area (Å²) in [5.41, 5.74) is -0.986. The van der Waals surface area contributed by atoms with Gasteiger partial charge < -0.3 is 48.6 Å². The number of amides is 1. The van der Waals surface area contributed by atoms with Crippen molar-refractivity contribution in [2.75, 3.05) is 66.0 Å². The average Bonchev–Trinajstić information content (AvgIpc) is 3.71. The van der Waals surface area contributed by atoms with Crippen LogP contribution in [0.25, 0.3) is 0 Å². The molecule has 0 radical (unpaired) electrons. The van der Waals surface area contributed by atoms with Crippen LogP contribution in [0.1, 0.15) is 98.3 Å². The lowest BCUT2D eigenvalue weighted by Crippen LogP contribution is -2.63. The molecule has 6 rings (SSSR count). The standard InChI is InChI=1S/C44H69NO17P2/c1-5-10-40-60-38-26-34-33-14-13-31-25-32(46)15-16-42(31,3)41(33)35(47)27-43(34,4)44(38,61-40)37(48)28-59-64(52,53)62-63(50,51)58-24-23-56-22-21-55-20-19-54-18-17-45-39(49)29-57-36-12-9-7-6-8-11-30(36)2/h11,15-16,25,33-36,38,40-41,47H,5-10,12-14,17-24,26-29H2,1-4H3,(H,45,49)(H,50,51)(H,52,53). The highest BCUT2D eigenvalue weighted by Crippen LogP contribution is 2.70. The molecule has 18 nitrogen and oxygen atoms in total. The first-order valence-electron chi connectivity index (χ1n) is 22.9. The molecule has 1 amide bonds. The van der Waals surface area contributed by atoms with Gasteiger partial charge in [0.25, 0.3) is 0 Å². The quantitative estimate of drug-likeness (QED) is 0.0535. The lowest BCUT2D eigenvalue weighted by Gasteiger charge is -2.59. The van der Waals surface area contributed by atoms with Crippen molar-refractivity contribution in [3.63, 3.8) is 0 Å². The van der Waals surface area contributed by atoms with Crippen LogP contribution in [0.15, 0.2) is 35.5 Å². The number of aliphatic hydroxyl groups excluding tert-OH is 1. The van der Waals surface area contributed by atoms with Gasteiger partial charge in [-0.25, -0.2) is 9.13 Å². The van der Waals surface area contributed by atoms with Crippen molar-refractivity contribution < 1.29 is 80.2 Å². The van der Waals surface area contributed by atoms with Crippen LogP contribution in [0.4, 0.5) is 0 Å². The molecule has 64 heavy (non-hydrogen) atoms. The average molecular weight is 946 g/mol. The molecule has 6 aliphatic rings. The molecule has 4 fully saturated rings. The predicted octanol–water partition coefficient (Wildman–Crippen LogP) is 5.44. The van der Waals surface area contributed by atoms with E-state index in [9.17, 15) is 38.4 Å². The highest BCUT2D eigenvalue weighted by Gasteiger charge is 2.76. The van der Waals surface area contributed by atoms with Gasteiger partial charge in [-0.15, -0.1) is 0 Å².